The molecule has 0 aromatic heterocycles. The van der Waals surface area contributed by atoms with Gasteiger partial charge in [-0.25, -0.2) is 9.18 Å². The van der Waals surface area contributed by atoms with Gasteiger partial charge in [0.1, 0.15) is 11.9 Å². The summed E-state index contributed by atoms with van der Waals surface area (Å²) in [5.41, 5.74) is 3.83. The zero-order chi connectivity index (χ0) is 19.0. The summed E-state index contributed by atoms with van der Waals surface area (Å²) >= 11 is 0. The quantitative estimate of drug-likeness (QED) is 0.677. The summed E-state index contributed by atoms with van der Waals surface area (Å²) in [5, 5.41) is 2.54. The molecule has 0 spiro atoms. The number of hydrogen-bond acceptors (Lipinski definition) is 3. The first-order valence-electron chi connectivity index (χ1n) is 8.26. The summed E-state index contributed by atoms with van der Waals surface area (Å²) < 4.78 is 13.1. The number of Topliss-reactive ketones (excluding diaryl/α,β-unsaturated/α-hetero) is 1. The van der Waals surface area contributed by atoms with E-state index in [2.05, 4.69) is 5.32 Å². The summed E-state index contributed by atoms with van der Waals surface area (Å²) in [5.74, 6) is -1.24. The van der Waals surface area contributed by atoms with Gasteiger partial charge in [-0.15, -0.1) is 0 Å². The van der Waals surface area contributed by atoms with Gasteiger partial charge >= 0.3 is 6.03 Å². The molecule has 1 atom stereocenters. The zero-order valence-corrected chi connectivity index (χ0v) is 14.8. The molecule has 1 N–H and O–H groups in total. The van der Waals surface area contributed by atoms with E-state index in [1.54, 1.807) is 6.07 Å². The van der Waals surface area contributed by atoms with E-state index in [0.29, 0.717) is 11.1 Å². The first kappa shape index (κ1) is 17.8. The number of benzene rings is 2. The maximum absolute atomic E-state index is 13.1. The number of amides is 3. The number of hydrogen-bond donors (Lipinski definition) is 1. The molecule has 26 heavy (non-hydrogen) atoms. The number of carbonyl (C=O) groups excluding carboxylic acids is 3. The molecule has 6 heteroatoms. The Morgan fingerprint density at radius 2 is 1.65 bits per heavy atom. The Morgan fingerprint density at radius 3 is 2.31 bits per heavy atom. The van der Waals surface area contributed by atoms with Crippen LogP contribution in [0.3, 0.4) is 0 Å². The van der Waals surface area contributed by atoms with E-state index in [-0.39, 0.29) is 12.3 Å². The van der Waals surface area contributed by atoms with E-state index in [1.807, 2.05) is 26.8 Å². The lowest BCUT2D eigenvalue weighted by Gasteiger charge is -2.14. The van der Waals surface area contributed by atoms with Crippen LogP contribution in [0.4, 0.5) is 9.18 Å². The molecule has 1 fully saturated rings. The fourth-order valence-electron chi connectivity index (χ4n) is 3.04. The van der Waals surface area contributed by atoms with Gasteiger partial charge in [-0.05, 0) is 61.2 Å². The van der Waals surface area contributed by atoms with Gasteiger partial charge in [0.15, 0.2) is 5.78 Å². The van der Waals surface area contributed by atoms with Gasteiger partial charge in [-0.3, -0.25) is 14.5 Å². The van der Waals surface area contributed by atoms with Crippen LogP contribution in [0, 0.1) is 26.6 Å². The van der Waals surface area contributed by atoms with Gasteiger partial charge in [0.05, 0.1) is 6.54 Å². The zero-order valence-electron chi connectivity index (χ0n) is 14.8. The number of nitrogens with one attached hydrogen (secondary N) is 1. The van der Waals surface area contributed by atoms with Gasteiger partial charge in [-0.1, -0.05) is 18.2 Å². The van der Waals surface area contributed by atoms with Crippen LogP contribution in [-0.4, -0.2) is 29.2 Å². The second-order valence-corrected chi connectivity index (χ2v) is 6.53. The number of aryl methyl sites for hydroxylation is 3. The van der Waals surface area contributed by atoms with Gasteiger partial charge in [0.2, 0.25) is 0 Å². The minimum Gasteiger partial charge on any atom is -0.322 e. The molecule has 0 bridgehead atoms. The van der Waals surface area contributed by atoms with Crippen molar-refractivity contribution in [2.45, 2.75) is 26.8 Å². The van der Waals surface area contributed by atoms with Gasteiger partial charge in [0.25, 0.3) is 5.91 Å². The molecule has 0 saturated carbocycles. The van der Waals surface area contributed by atoms with Gasteiger partial charge in [-0.2, -0.15) is 0 Å². The summed E-state index contributed by atoms with van der Waals surface area (Å²) in [7, 11) is 0. The molecule has 0 aliphatic carbocycles. The molecular weight excluding hydrogens is 335 g/mol. The molecule has 2 aromatic rings. The fourth-order valence-corrected chi connectivity index (χ4v) is 3.04. The van der Waals surface area contributed by atoms with Crippen molar-refractivity contribution in [3.05, 3.63) is 70.0 Å². The third-order valence-electron chi connectivity index (χ3n) is 4.67. The third kappa shape index (κ3) is 3.22. The van der Waals surface area contributed by atoms with Crippen LogP contribution in [0.5, 0.6) is 0 Å². The van der Waals surface area contributed by atoms with E-state index < -0.39 is 23.8 Å². The number of carbonyl (C=O) groups is 3. The number of halogens is 1. The lowest BCUT2D eigenvalue weighted by Crippen LogP contribution is -2.36. The van der Waals surface area contributed by atoms with E-state index in [0.717, 1.165) is 21.6 Å². The number of ketones is 1. The predicted octanol–water partition coefficient (Wildman–Crippen LogP) is 3.23. The SMILES string of the molecule is Cc1cc(C)c(C(=O)CN2C(=O)N[C@@H](c3ccc(F)cc3)C2=O)cc1C. The Bertz CT molecular complexity index is 906. The van der Waals surface area contributed by atoms with Crippen molar-refractivity contribution in [2.24, 2.45) is 0 Å². The van der Waals surface area contributed by atoms with Crippen molar-refractivity contribution >= 4 is 17.7 Å². The van der Waals surface area contributed by atoms with Crippen molar-refractivity contribution in [3.63, 3.8) is 0 Å². The summed E-state index contributed by atoms with van der Waals surface area (Å²) in [6, 6.07) is 7.49. The average Bonchev–Trinajstić information content (AvgIpc) is 2.87. The molecular formula is C20H19FN2O3. The molecule has 3 rings (SSSR count). The van der Waals surface area contributed by atoms with Crippen molar-refractivity contribution < 1.29 is 18.8 Å². The van der Waals surface area contributed by atoms with Crippen LogP contribution in [0.1, 0.15) is 38.7 Å². The van der Waals surface area contributed by atoms with E-state index in [1.165, 1.54) is 24.3 Å². The standard InChI is InChI=1S/C20H19FN2O3/c1-11-8-13(3)16(9-12(11)2)17(24)10-23-19(25)18(22-20(23)26)14-4-6-15(21)7-5-14/h4-9,18H,10H2,1-3H3,(H,22,26)/t18-/m0/s1. The Kier molecular flexibility index (Phi) is 4.59. The van der Waals surface area contributed by atoms with Crippen molar-refractivity contribution in [1.29, 1.82) is 0 Å². The van der Waals surface area contributed by atoms with Crippen LogP contribution >= 0.6 is 0 Å². The predicted molar refractivity (Wildman–Crippen MR) is 94.4 cm³/mol. The highest BCUT2D eigenvalue weighted by molar-refractivity contribution is 6.09. The maximum Gasteiger partial charge on any atom is 0.325 e. The topological polar surface area (TPSA) is 66.5 Å². The molecule has 2 aromatic carbocycles. The van der Waals surface area contributed by atoms with Crippen LogP contribution in [0.25, 0.3) is 0 Å². The Balaban J connectivity index is 1.81. The van der Waals surface area contributed by atoms with Crippen LogP contribution in [0.2, 0.25) is 0 Å². The largest absolute Gasteiger partial charge is 0.325 e. The molecule has 1 aliphatic heterocycles. The summed E-state index contributed by atoms with van der Waals surface area (Å²) in [6.07, 6.45) is 0. The molecule has 0 radical (unpaired) electrons. The molecule has 5 nitrogen and oxygen atoms in total. The highest BCUT2D eigenvalue weighted by atomic mass is 19.1. The van der Waals surface area contributed by atoms with Crippen molar-refractivity contribution in [2.75, 3.05) is 6.54 Å². The van der Waals surface area contributed by atoms with Crippen LogP contribution in [-0.2, 0) is 4.79 Å². The molecule has 1 heterocycles. The summed E-state index contributed by atoms with van der Waals surface area (Å²) in [4.78, 5) is 38.3. The molecule has 0 unspecified atom stereocenters. The molecule has 134 valence electrons. The summed E-state index contributed by atoms with van der Waals surface area (Å²) in [6.45, 7) is 5.36. The minimum atomic E-state index is -0.906. The van der Waals surface area contributed by atoms with Crippen molar-refractivity contribution in [1.82, 2.24) is 10.2 Å². The minimum absolute atomic E-state index is 0.297. The van der Waals surface area contributed by atoms with Crippen molar-refractivity contribution in [3.8, 4) is 0 Å². The van der Waals surface area contributed by atoms with E-state index in [9.17, 15) is 18.8 Å². The monoisotopic (exact) mass is 354 g/mol. The van der Waals surface area contributed by atoms with Gasteiger partial charge < -0.3 is 5.32 Å². The van der Waals surface area contributed by atoms with Crippen LogP contribution < -0.4 is 5.32 Å². The van der Waals surface area contributed by atoms with Gasteiger partial charge in [0, 0.05) is 5.56 Å². The second kappa shape index (κ2) is 6.71. The average molecular weight is 354 g/mol. The number of imide groups is 1. The second-order valence-electron chi connectivity index (χ2n) is 6.53. The Hall–Kier alpha value is -3.02. The number of urea groups is 1. The lowest BCUT2D eigenvalue weighted by molar-refractivity contribution is -0.127. The van der Waals surface area contributed by atoms with E-state index >= 15 is 0 Å². The Labute approximate surface area is 150 Å². The number of nitrogens with zero attached hydrogens (tertiary/aromatic N) is 1. The normalized spacial score (nSPS) is 16.8. The highest BCUT2D eigenvalue weighted by Crippen LogP contribution is 2.23. The first-order valence-corrected chi connectivity index (χ1v) is 8.26. The highest BCUT2D eigenvalue weighted by Gasteiger charge is 2.40. The molecule has 3 amide bonds. The third-order valence-corrected chi connectivity index (χ3v) is 4.67. The Morgan fingerprint density at radius 1 is 1.04 bits per heavy atom. The molecule has 1 aliphatic rings. The maximum atomic E-state index is 13.1. The smallest absolute Gasteiger partial charge is 0.322 e. The fraction of sp³-hybridized carbons (Fsp3) is 0.250. The first-order chi connectivity index (χ1) is 12.3. The number of rotatable bonds is 4. The lowest BCUT2D eigenvalue weighted by atomic mass is 9.98. The van der Waals surface area contributed by atoms with Crippen LogP contribution in [0.15, 0.2) is 36.4 Å². The van der Waals surface area contributed by atoms with E-state index in [4.69, 9.17) is 0 Å². The molecule has 1 saturated heterocycles.